The molecule has 2 aliphatic heterocycles. The number of thiazole rings is 1. The second-order valence-corrected chi connectivity index (χ2v) is 13.7. The second-order valence-electron chi connectivity index (χ2n) is 11.8. The third-order valence-corrected chi connectivity index (χ3v) is 11.2. The number of nitrogens with one attached hydrogen (secondary N) is 2. The fraction of sp³-hybridized carbons (Fsp3) is 0.571. The molecular formula is C28H32N4O3S2. The summed E-state index contributed by atoms with van der Waals surface area (Å²) in [5.41, 5.74) is 3.05. The summed E-state index contributed by atoms with van der Waals surface area (Å²) < 4.78 is 0. The number of benzene rings is 1. The van der Waals surface area contributed by atoms with Crippen LogP contribution in [-0.4, -0.2) is 39.2 Å². The van der Waals surface area contributed by atoms with E-state index in [9.17, 15) is 14.4 Å². The Bertz CT molecular complexity index is 1240. The topological polar surface area (TPSA) is 91.4 Å². The van der Waals surface area contributed by atoms with E-state index in [1.807, 2.05) is 18.2 Å². The third-order valence-electron chi connectivity index (χ3n) is 9.17. The molecule has 2 aromatic rings. The number of hydrogen-bond donors (Lipinski definition) is 2. The number of aromatic nitrogens is 1. The van der Waals surface area contributed by atoms with Gasteiger partial charge >= 0.3 is 0 Å². The van der Waals surface area contributed by atoms with Gasteiger partial charge in [0.15, 0.2) is 0 Å². The van der Waals surface area contributed by atoms with Crippen LogP contribution in [0.2, 0.25) is 0 Å². The Morgan fingerprint density at radius 3 is 2.59 bits per heavy atom. The Balaban J connectivity index is 0.985. The highest BCUT2D eigenvalue weighted by molar-refractivity contribution is 7.98. The number of hydrogen-bond acceptors (Lipinski definition) is 7. The summed E-state index contributed by atoms with van der Waals surface area (Å²) in [5, 5.41) is 9.65. The Labute approximate surface area is 225 Å². The molecule has 0 radical (unpaired) electrons. The Kier molecular flexibility index (Phi) is 5.93. The van der Waals surface area contributed by atoms with Gasteiger partial charge in [-0.05, 0) is 80.4 Å². The van der Waals surface area contributed by atoms with Crippen molar-refractivity contribution >= 4 is 40.8 Å². The highest BCUT2D eigenvalue weighted by Crippen LogP contribution is 2.55. The lowest BCUT2D eigenvalue weighted by Crippen LogP contribution is -2.58. The van der Waals surface area contributed by atoms with Gasteiger partial charge in [0.25, 0.3) is 5.91 Å². The summed E-state index contributed by atoms with van der Waals surface area (Å²) in [5.74, 6) is 2.80. The predicted octanol–water partition coefficient (Wildman–Crippen LogP) is 4.25. The molecular weight excluding hydrogens is 504 g/mol. The van der Waals surface area contributed by atoms with E-state index in [0.717, 1.165) is 51.2 Å². The van der Waals surface area contributed by atoms with E-state index in [2.05, 4.69) is 16.0 Å². The van der Waals surface area contributed by atoms with Crippen LogP contribution in [0.3, 0.4) is 0 Å². The first-order valence-electron chi connectivity index (χ1n) is 13.5. The number of piperidine rings is 1. The summed E-state index contributed by atoms with van der Waals surface area (Å²) in [6.45, 7) is 1.26. The molecule has 0 spiro atoms. The minimum atomic E-state index is -0.585. The summed E-state index contributed by atoms with van der Waals surface area (Å²) in [6, 6.07) is 5.21. The van der Waals surface area contributed by atoms with Gasteiger partial charge < -0.3 is 10.2 Å². The highest BCUT2D eigenvalue weighted by atomic mass is 32.2. The van der Waals surface area contributed by atoms with E-state index in [1.54, 1.807) is 28.0 Å². The summed E-state index contributed by atoms with van der Waals surface area (Å²) in [7, 11) is 0. The van der Waals surface area contributed by atoms with Crippen LogP contribution in [0.25, 0.3) is 0 Å². The minimum Gasteiger partial charge on any atom is -0.322 e. The lowest BCUT2D eigenvalue weighted by molar-refractivity contribution is -0.136. The molecule has 37 heavy (non-hydrogen) atoms. The molecule has 194 valence electrons. The van der Waals surface area contributed by atoms with E-state index in [1.165, 1.54) is 38.5 Å². The Morgan fingerprint density at radius 1 is 1.11 bits per heavy atom. The van der Waals surface area contributed by atoms with Crippen molar-refractivity contribution in [3.05, 3.63) is 45.4 Å². The fourth-order valence-electron chi connectivity index (χ4n) is 7.93. The first-order chi connectivity index (χ1) is 17.9. The Morgan fingerprint density at radius 2 is 1.86 bits per heavy atom. The van der Waals surface area contributed by atoms with Gasteiger partial charge in [-0.25, -0.2) is 4.98 Å². The zero-order valence-electron chi connectivity index (χ0n) is 20.8. The van der Waals surface area contributed by atoms with Crippen LogP contribution in [0, 0.1) is 17.8 Å². The third kappa shape index (κ3) is 4.42. The largest absolute Gasteiger partial charge is 0.322 e. The number of thioether (sulfide) groups is 1. The van der Waals surface area contributed by atoms with E-state index in [-0.39, 0.29) is 24.1 Å². The molecule has 5 fully saturated rings. The first kappa shape index (κ1) is 23.9. The van der Waals surface area contributed by atoms with E-state index in [4.69, 9.17) is 4.98 Å². The van der Waals surface area contributed by atoms with Crippen molar-refractivity contribution < 1.29 is 14.4 Å². The second kappa shape index (κ2) is 9.20. The molecule has 2 N–H and O–H groups in total. The van der Waals surface area contributed by atoms with Crippen LogP contribution in [0.1, 0.15) is 78.0 Å². The lowest BCUT2D eigenvalue weighted by Gasteiger charge is -2.57. The minimum absolute atomic E-state index is 0.126. The summed E-state index contributed by atoms with van der Waals surface area (Å²) in [6.07, 6.45) is 9.06. The molecule has 7 nitrogen and oxygen atoms in total. The maximum Gasteiger partial charge on any atom is 0.255 e. The number of fused-ring (bicyclic) bond motifs is 1. The number of imide groups is 1. The molecule has 1 unspecified atom stereocenters. The molecule has 6 aliphatic rings. The lowest BCUT2D eigenvalue weighted by atomic mass is 9.53. The van der Waals surface area contributed by atoms with Crippen LogP contribution in [-0.2, 0) is 28.4 Å². The summed E-state index contributed by atoms with van der Waals surface area (Å²) in [4.78, 5) is 44.6. The van der Waals surface area contributed by atoms with E-state index in [0.29, 0.717) is 24.1 Å². The quantitative estimate of drug-likeness (QED) is 0.406. The zero-order chi connectivity index (χ0) is 25.1. The molecule has 8 rings (SSSR count). The summed E-state index contributed by atoms with van der Waals surface area (Å²) >= 11 is 3.44. The van der Waals surface area contributed by atoms with Gasteiger partial charge in [0.05, 0.1) is 5.69 Å². The van der Waals surface area contributed by atoms with Crippen molar-refractivity contribution in [3.63, 3.8) is 0 Å². The maximum absolute atomic E-state index is 13.1. The van der Waals surface area contributed by atoms with Crippen molar-refractivity contribution in [2.75, 3.05) is 0 Å². The van der Waals surface area contributed by atoms with Gasteiger partial charge in [-0.3, -0.25) is 19.7 Å². The zero-order valence-corrected chi connectivity index (χ0v) is 22.5. The van der Waals surface area contributed by atoms with Gasteiger partial charge in [-0.2, -0.15) is 0 Å². The molecule has 3 heterocycles. The predicted molar refractivity (Wildman–Crippen MR) is 142 cm³/mol. The van der Waals surface area contributed by atoms with Crippen LogP contribution in [0.4, 0.5) is 0 Å². The monoisotopic (exact) mass is 536 g/mol. The number of rotatable bonds is 7. The molecule has 1 atom stereocenters. The molecule has 9 heteroatoms. The number of carbonyl (C=O) groups is 3. The van der Waals surface area contributed by atoms with Crippen LogP contribution in [0.5, 0.6) is 0 Å². The fourth-order valence-corrected chi connectivity index (χ4v) is 9.74. The van der Waals surface area contributed by atoms with Crippen LogP contribution < -0.4 is 10.6 Å². The molecule has 4 saturated carbocycles. The van der Waals surface area contributed by atoms with Crippen molar-refractivity contribution in [2.24, 2.45) is 17.8 Å². The van der Waals surface area contributed by atoms with Gasteiger partial charge in [0, 0.05) is 46.6 Å². The smallest absolute Gasteiger partial charge is 0.255 e. The van der Waals surface area contributed by atoms with E-state index >= 15 is 0 Å². The molecule has 1 aromatic heterocycles. The van der Waals surface area contributed by atoms with Gasteiger partial charge in [-0.1, -0.05) is 6.07 Å². The van der Waals surface area contributed by atoms with Crippen molar-refractivity contribution in [3.8, 4) is 0 Å². The highest BCUT2D eigenvalue weighted by Gasteiger charge is 2.50. The molecule has 4 bridgehead atoms. The number of carbonyl (C=O) groups excluding carboxylic acids is 3. The molecule has 1 aromatic carbocycles. The van der Waals surface area contributed by atoms with Gasteiger partial charge in [0.1, 0.15) is 11.0 Å². The van der Waals surface area contributed by atoms with Crippen LogP contribution >= 0.6 is 23.1 Å². The van der Waals surface area contributed by atoms with E-state index < -0.39 is 6.04 Å². The van der Waals surface area contributed by atoms with Crippen molar-refractivity contribution in [1.82, 2.24) is 20.5 Å². The molecule has 4 aliphatic carbocycles. The molecule has 1 saturated heterocycles. The standard InChI is InChI=1S/C28H32N4O3S2/c33-24-5-4-22(26(34)31-24)32-13-21-20(27(32)35)2-1-3-23(21)36-14-19-15-37-25(30-19)12-29-28-9-16-6-17(10-28)8-18(7-16)11-28/h1-3,15-18,22,29H,4-14H2,(H,31,33,34). The SMILES string of the molecule is O=C1CCC(N2Cc3c(SCc4csc(CNC56CC7CC(CC(C7)C5)C6)n4)cccc3C2=O)C(=O)N1. The molecule has 3 amide bonds. The maximum atomic E-state index is 13.1. The van der Waals surface area contributed by atoms with Crippen LogP contribution in [0.15, 0.2) is 28.5 Å². The van der Waals surface area contributed by atoms with Crippen molar-refractivity contribution in [1.29, 1.82) is 0 Å². The number of nitrogens with zero attached hydrogens (tertiary/aromatic N) is 2. The van der Waals surface area contributed by atoms with Crippen molar-refractivity contribution in [2.45, 2.75) is 86.7 Å². The average Bonchev–Trinajstić information content (AvgIpc) is 3.45. The van der Waals surface area contributed by atoms with Gasteiger partial charge in [-0.15, -0.1) is 23.1 Å². The number of amides is 3. The Hall–Kier alpha value is -2.23. The normalized spacial score (nSPS) is 32.2. The first-order valence-corrected chi connectivity index (χ1v) is 15.4. The average molecular weight is 537 g/mol. The van der Waals surface area contributed by atoms with Gasteiger partial charge in [0.2, 0.25) is 11.8 Å².